The van der Waals surface area contributed by atoms with Gasteiger partial charge >= 0.3 is 0 Å². The van der Waals surface area contributed by atoms with Gasteiger partial charge in [-0.3, -0.25) is 0 Å². The molecule has 0 unspecified atom stereocenters. The SMILES string of the molecule is CCc1ncsc1-c1ccc(CN)cc1. The Morgan fingerprint density at radius 2 is 2.00 bits per heavy atom. The second kappa shape index (κ2) is 4.55. The normalized spacial score (nSPS) is 10.5. The van der Waals surface area contributed by atoms with Gasteiger partial charge in [-0.15, -0.1) is 11.3 Å². The predicted molar refractivity (Wildman–Crippen MR) is 64.8 cm³/mol. The summed E-state index contributed by atoms with van der Waals surface area (Å²) in [5.41, 5.74) is 11.1. The van der Waals surface area contributed by atoms with Gasteiger partial charge in [0.2, 0.25) is 0 Å². The molecule has 0 aliphatic rings. The molecule has 0 bridgehead atoms. The van der Waals surface area contributed by atoms with Crippen molar-refractivity contribution in [3.05, 3.63) is 41.0 Å². The molecule has 0 atom stereocenters. The molecular weight excluding hydrogens is 204 g/mol. The Kier molecular flexibility index (Phi) is 3.14. The van der Waals surface area contributed by atoms with Gasteiger partial charge in [0.25, 0.3) is 0 Å². The highest BCUT2D eigenvalue weighted by molar-refractivity contribution is 7.13. The molecule has 2 aromatic rings. The first-order chi connectivity index (χ1) is 7.35. The van der Waals surface area contributed by atoms with Crippen molar-refractivity contribution < 1.29 is 0 Å². The van der Waals surface area contributed by atoms with Crippen LogP contribution >= 0.6 is 11.3 Å². The lowest BCUT2D eigenvalue weighted by molar-refractivity contribution is 1.06. The van der Waals surface area contributed by atoms with Crippen molar-refractivity contribution >= 4 is 11.3 Å². The first-order valence-electron chi connectivity index (χ1n) is 5.07. The maximum absolute atomic E-state index is 5.56. The molecule has 15 heavy (non-hydrogen) atoms. The van der Waals surface area contributed by atoms with Gasteiger partial charge in [-0.1, -0.05) is 31.2 Å². The van der Waals surface area contributed by atoms with E-state index in [1.807, 2.05) is 5.51 Å². The van der Waals surface area contributed by atoms with E-state index in [0.717, 1.165) is 6.42 Å². The second-order valence-corrected chi connectivity index (χ2v) is 4.24. The van der Waals surface area contributed by atoms with E-state index in [1.165, 1.54) is 21.7 Å². The van der Waals surface area contributed by atoms with Crippen LogP contribution in [0.4, 0.5) is 0 Å². The number of hydrogen-bond acceptors (Lipinski definition) is 3. The molecule has 0 saturated heterocycles. The van der Waals surface area contributed by atoms with E-state index in [-0.39, 0.29) is 0 Å². The van der Waals surface area contributed by atoms with Crippen LogP contribution in [0.25, 0.3) is 10.4 Å². The van der Waals surface area contributed by atoms with Crippen LogP contribution in [0.1, 0.15) is 18.2 Å². The zero-order chi connectivity index (χ0) is 10.7. The van der Waals surface area contributed by atoms with Crippen molar-refractivity contribution in [2.24, 2.45) is 5.73 Å². The third-order valence-electron chi connectivity index (χ3n) is 2.43. The summed E-state index contributed by atoms with van der Waals surface area (Å²) >= 11 is 1.70. The number of nitrogens with two attached hydrogens (primary N) is 1. The number of aromatic nitrogens is 1. The Hall–Kier alpha value is -1.19. The predicted octanol–water partition coefficient (Wildman–Crippen LogP) is 2.83. The van der Waals surface area contributed by atoms with Crippen molar-refractivity contribution in [1.82, 2.24) is 4.98 Å². The fraction of sp³-hybridized carbons (Fsp3) is 0.250. The lowest BCUT2D eigenvalue weighted by Crippen LogP contribution is -1.95. The van der Waals surface area contributed by atoms with Gasteiger partial charge in [-0.25, -0.2) is 4.98 Å². The maximum atomic E-state index is 5.56. The topological polar surface area (TPSA) is 38.9 Å². The van der Waals surface area contributed by atoms with E-state index in [2.05, 4.69) is 36.2 Å². The largest absolute Gasteiger partial charge is 0.326 e. The molecule has 3 heteroatoms. The summed E-state index contributed by atoms with van der Waals surface area (Å²) in [6.45, 7) is 2.73. The fourth-order valence-electron chi connectivity index (χ4n) is 1.55. The Balaban J connectivity index is 2.37. The number of nitrogens with zero attached hydrogens (tertiary/aromatic N) is 1. The third kappa shape index (κ3) is 2.08. The fourth-order valence-corrected chi connectivity index (χ4v) is 2.44. The molecule has 1 aromatic heterocycles. The average Bonchev–Trinajstić information content (AvgIpc) is 2.77. The van der Waals surface area contributed by atoms with E-state index >= 15 is 0 Å². The average molecular weight is 218 g/mol. The maximum Gasteiger partial charge on any atom is 0.0801 e. The number of thiazole rings is 1. The first-order valence-corrected chi connectivity index (χ1v) is 5.95. The van der Waals surface area contributed by atoms with Crippen LogP contribution in [0, 0.1) is 0 Å². The standard InChI is InChI=1S/C12H14N2S/c1-2-11-12(15-8-14-11)10-5-3-9(7-13)4-6-10/h3-6,8H,2,7,13H2,1H3. The van der Waals surface area contributed by atoms with E-state index in [1.54, 1.807) is 11.3 Å². The van der Waals surface area contributed by atoms with Gasteiger partial charge in [0.1, 0.15) is 0 Å². The molecule has 2 rings (SSSR count). The summed E-state index contributed by atoms with van der Waals surface area (Å²) in [5.74, 6) is 0. The van der Waals surface area contributed by atoms with Gasteiger partial charge < -0.3 is 5.73 Å². The van der Waals surface area contributed by atoms with Crippen molar-refractivity contribution in [3.8, 4) is 10.4 Å². The molecule has 0 fully saturated rings. The van der Waals surface area contributed by atoms with Gasteiger partial charge in [0.05, 0.1) is 16.1 Å². The quantitative estimate of drug-likeness (QED) is 0.860. The minimum Gasteiger partial charge on any atom is -0.326 e. The van der Waals surface area contributed by atoms with E-state index in [4.69, 9.17) is 5.73 Å². The smallest absolute Gasteiger partial charge is 0.0801 e. The molecular formula is C12H14N2S. The lowest BCUT2D eigenvalue weighted by Gasteiger charge is -2.01. The molecule has 1 heterocycles. The van der Waals surface area contributed by atoms with Gasteiger partial charge in [-0.2, -0.15) is 0 Å². The third-order valence-corrected chi connectivity index (χ3v) is 3.35. The highest BCUT2D eigenvalue weighted by Gasteiger charge is 2.06. The molecule has 0 radical (unpaired) electrons. The van der Waals surface area contributed by atoms with Gasteiger partial charge in [-0.05, 0) is 17.5 Å². The molecule has 0 amide bonds. The second-order valence-electron chi connectivity index (χ2n) is 3.38. The van der Waals surface area contributed by atoms with Crippen molar-refractivity contribution in [2.75, 3.05) is 0 Å². The summed E-state index contributed by atoms with van der Waals surface area (Å²) in [7, 11) is 0. The summed E-state index contributed by atoms with van der Waals surface area (Å²) in [6, 6.07) is 8.40. The van der Waals surface area contributed by atoms with Crippen molar-refractivity contribution in [2.45, 2.75) is 19.9 Å². The monoisotopic (exact) mass is 218 g/mol. The zero-order valence-corrected chi connectivity index (χ0v) is 9.55. The van der Waals surface area contributed by atoms with Crippen LogP contribution in [0.15, 0.2) is 29.8 Å². The molecule has 0 aliphatic heterocycles. The van der Waals surface area contributed by atoms with Crippen LogP contribution in [0.2, 0.25) is 0 Å². The van der Waals surface area contributed by atoms with Crippen LogP contribution in [0.5, 0.6) is 0 Å². The van der Waals surface area contributed by atoms with Crippen molar-refractivity contribution in [3.63, 3.8) is 0 Å². The van der Waals surface area contributed by atoms with Crippen LogP contribution in [-0.2, 0) is 13.0 Å². The van der Waals surface area contributed by atoms with E-state index in [9.17, 15) is 0 Å². The number of rotatable bonds is 3. The summed E-state index contributed by atoms with van der Waals surface area (Å²) < 4.78 is 0. The van der Waals surface area contributed by atoms with Gasteiger partial charge in [0, 0.05) is 6.54 Å². The first kappa shape index (κ1) is 10.3. The minimum atomic E-state index is 0.601. The molecule has 0 spiro atoms. The molecule has 0 saturated carbocycles. The zero-order valence-electron chi connectivity index (χ0n) is 8.73. The Morgan fingerprint density at radius 1 is 1.27 bits per heavy atom. The van der Waals surface area contributed by atoms with E-state index in [0.29, 0.717) is 6.54 Å². The lowest BCUT2D eigenvalue weighted by atomic mass is 10.1. The van der Waals surface area contributed by atoms with Crippen molar-refractivity contribution in [1.29, 1.82) is 0 Å². The van der Waals surface area contributed by atoms with Crippen LogP contribution < -0.4 is 5.73 Å². The Bertz CT molecular complexity index is 431. The molecule has 1 aromatic carbocycles. The Morgan fingerprint density at radius 3 is 2.60 bits per heavy atom. The van der Waals surface area contributed by atoms with Crippen LogP contribution in [0.3, 0.4) is 0 Å². The number of benzene rings is 1. The van der Waals surface area contributed by atoms with Gasteiger partial charge in [0.15, 0.2) is 0 Å². The Labute approximate surface area is 93.8 Å². The summed E-state index contributed by atoms with van der Waals surface area (Å²) in [6.07, 6.45) is 0.984. The van der Waals surface area contributed by atoms with E-state index < -0.39 is 0 Å². The minimum absolute atomic E-state index is 0.601. The number of hydrogen-bond donors (Lipinski definition) is 1. The summed E-state index contributed by atoms with van der Waals surface area (Å²) in [5, 5.41) is 0. The molecule has 2 N–H and O–H groups in total. The molecule has 78 valence electrons. The van der Waals surface area contributed by atoms with Crippen LogP contribution in [-0.4, -0.2) is 4.98 Å². The molecule has 2 nitrogen and oxygen atoms in total. The summed E-state index contributed by atoms with van der Waals surface area (Å²) in [4.78, 5) is 5.63. The molecule has 0 aliphatic carbocycles. The highest BCUT2D eigenvalue weighted by atomic mass is 32.1. The number of aryl methyl sites for hydroxylation is 1. The highest BCUT2D eigenvalue weighted by Crippen LogP contribution is 2.27.